The second kappa shape index (κ2) is 5.15. The summed E-state index contributed by atoms with van der Waals surface area (Å²) in [5, 5.41) is 0. The lowest BCUT2D eigenvalue weighted by molar-refractivity contribution is 0.155. The molecule has 0 saturated heterocycles. The Balaban J connectivity index is 3.99. The quantitative estimate of drug-likeness (QED) is 0.578. The first-order valence-corrected chi connectivity index (χ1v) is 5.77. The van der Waals surface area contributed by atoms with Gasteiger partial charge in [0.25, 0.3) is 0 Å². The van der Waals surface area contributed by atoms with Crippen LogP contribution in [0.15, 0.2) is 0 Å². The van der Waals surface area contributed by atoms with Gasteiger partial charge in [0.05, 0.1) is 0 Å². The minimum Gasteiger partial charge on any atom is -0.290 e. The highest BCUT2D eigenvalue weighted by molar-refractivity contribution is 9.11. The van der Waals surface area contributed by atoms with Crippen LogP contribution in [0.5, 0.6) is 0 Å². The summed E-state index contributed by atoms with van der Waals surface area (Å²) in [4.78, 5) is 0. The van der Waals surface area contributed by atoms with Gasteiger partial charge in [-0.25, -0.2) is 4.57 Å². The monoisotopic (exact) mass is 300 g/mol. The van der Waals surface area contributed by atoms with Crippen LogP contribution in [-0.4, -0.2) is 24.1 Å². The van der Waals surface area contributed by atoms with Crippen LogP contribution in [0.4, 0.5) is 0 Å². The van der Waals surface area contributed by atoms with Crippen molar-refractivity contribution in [3.63, 3.8) is 0 Å². The minimum absolute atomic E-state index is 0.213. The van der Waals surface area contributed by atoms with Crippen molar-refractivity contribution in [3.05, 3.63) is 0 Å². The van der Waals surface area contributed by atoms with Gasteiger partial charge in [-0.1, -0.05) is 23.2 Å². The van der Waals surface area contributed by atoms with E-state index in [0.29, 0.717) is 0 Å². The van der Waals surface area contributed by atoms with Gasteiger partial charge in [0.15, 0.2) is 3.24 Å². The Morgan fingerprint density at radius 3 is 2.08 bits per heavy atom. The summed E-state index contributed by atoms with van der Waals surface area (Å²) >= 11 is 13.8. The molecule has 0 amide bonds. The Hall–Kier alpha value is 1.17. The molecule has 0 saturated carbocycles. The maximum Gasteiger partial charge on any atom is 0.474 e. The zero-order valence-electron chi connectivity index (χ0n) is 6.42. The molecule has 12 heavy (non-hydrogen) atoms. The zero-order chi connectivity index (χ0) is 9.83. The molecule has 0 aliphatic carbocycles. The fourth-order valence-electron chi connectivity index (χ4n) is 0.332. The molecular formula is C4H8BrCl2O4P. The van der Waals surface area contributed by atoms with E-state index < -0.39 is 11.1 Å². The summed E-state index contributed by atoms with van der Waals surface area (Å²) in [5.74, 6) is 0. The average Bonchev–Trinajstić information content (AvgIpc) is 1.99. The number of phosphoric acid groups is 1. The highest BCUT2D eigenvalue weighted by atomic mass is 79.9. The van der Waals surface area contributed by atoms with Crippen LogP contribution in [0.3, 0.4) is 0 Å². The smallest absolute Gasteiger partial charge is 0.290 e. The maximum absolute atomic E-state index is 11.2. The molecule has 0 radical (unpaired) electrons. The number of halogens is 3. The van der Waals surface area contributed by atoms with E-state index in [9.17, 15) is 4.57 Å². The molecule has 0 unspecified atom stereocenters. The van der Waals surface area contributed by atoms with Crippen LogP contribution in [0.1, 0.15) is 0 Å². The Kier molecular flexibility index (Phi) is 5.65. The summed E-state index contributed by atoms with van der Waals surface area (Å²) in [7, 11) is -1.08. The Labute approximate surface area is 89.2 Å². The van der Waals surface area contributed by atoms with E-state index >= 15 is 0 Å². The predicted molar refractivity (Wildman–Crippen MR) is 50.9 cm³/mol. The largest absolute Gasteiger partial charge is 0.474 e. The molecule has 0 bridgehead atoms. The number of hydrogen-bond acceptors (Lipinski definition) is 4. The molecule has 0 rings (SSSR count). The summed E-state index contributed by atoms with van der Waals surface area (Å²) in [6.45, 7) is -0.213. The third kappa shape index (κ3) is 5.75. The Morgan fingerprint density at radius 1 is 1.42 bits per heavy atom. The molecule has 0 aromatic heterocycles. The fourth-order valence-corrected chi connectivity index (χ4v) is 1.60. The van der Waals surface area contributed by atoms with Gasteiger partial charge in [0.1, 0.15) is 6.61 Å². The van der Waals surface area contributed by atoms with Gasteiger partial charge < -0.3 is 0 Å². The third-order valence-corrected chi connectivity index (χ3v) is 2.62. The van der Waals surface area contributed by atoms with Crippen LogP contribution in [-0.2, 0) is 18.1 Å². The maximum atomic E-state index is 11.2. The molecule has 8 heteroatoms. The molecule has 0 atom stereocenters. The molecule has 0 N–H and O–H groups in total. The van der Waals surface area contributed by atoms with Crippen molar-refractivity contribution in [1.29, 1.82) is 0 Å². The second-order valence-corrected chi connectivity index (χ2v) is 7.33. The highest BCUT2D eigenvalue weighted by Gasteiger charge is 2.29. The van der Waals surface area contributed by atoms with Crippen LogP contribution in [0, 0.1) is 0 Å². The lowest BCUT2D eigenvalue weighted by atomic mass is 10.9. The van der Waals surface area contributed by atoms with Crippen LogP contribution >= 0.6 is 47.0 Å². The van der Waals surface area contributed by atoms with Crippen molar-refractivity contribution in [2.45, 2.75) is 3.24 Å². The van der Waals surface area contributed by atoms with E-state index in [1.54, 1.807) is 0 Å². The number of phosphoric ester groups is 1. The summed E-state index contributed by atoms with van der Waals surface area (Å²) in [5.41, 5.74) is 0. The molecule has 0 aliphatic rings. The van der Waals surface area contributed by atoms with Gasteiger partial charge in [-0.05, 0) is 15.9 Å². The summed E-state index contributed by atoms with van der Waals surface area (Å²) < 4.78 is 23.5. The predicted octanol–water partition coefficient (Wildman–Crippen LogP) is 2.93. The van der Waals surface area contributed by atoms with E-state index in [2.05, 4.69) is 25.0 Å². The van der Waals surface area contributed by atoms with Crippen LogP contribution < -0.4 is 0 Å². The topological polar surface area (TPSA) is 44.8 Å². The SMILES string of the molecule is COP(=O)(OC)OCC(Cl)(Cl)Br. The molecule has 0 fully saturated rings. The zero-order valence-corrected chi connectivity index (χ0v) is 10.4. The first-order valence-electron chi connectivity index (χ1n) is 2.76. The number of rotatable bonds is 5. The van der Waals surface area contributed by atoms with E-state index in [1.807, 2.05) is 0 Å². The molecule has 0 aromatic rings. The van der Waals surface area contributed by atoms with Gasteiger partial charge in [0.2, 0.25) is 0 Å². The van der Waals surface area contributed by atoms with E-state index in [1.165, 1.54) is 14.2 Å². The average molecular weight is 302 g/mol. The molecule has 74 valence electrons. The van der Waals surface area contributed by atoms with Gasteiger partial charge in [0, 0.05) is 14.2 Å². The normalized spacial score (nSPS) is 13.4. The standard InChI is InChI=1S/C4H8BrCl2O4P/c1-9-12(8,10-2)11-3-4(5,6)7/h3H2,1-2H3. The summed E-state index contributed by atoms with van der Waals surface area (Å²) in [6, 6.07) is 0. The molecule has 4 nitrogen and oxygen atoms in total. The molecular weight excluding hydrogens is 294 g/mol. The van der Waals surface area contributed by atoms with Gasteiger partial charge in [-0.3, -0.25) is 13.6 Å². The van der Waals surface area contributed by atoms with Crippen LogP contribution in [0.2, 0.25) is 0 Å². The molecule has 0 aliphatic heterocycles. The Morgan fingerprint density at radius 2 is 1.83 bits per heavy atom. The van der Waals surface area contributed by atoms with E-state index in [-0.39, 0.29) is 6.61 Å². The van der Waals surface area contributed by atoms with Gasteiger partial charge >= 0.3 is 7.82 Å². The minimum atomic E-state index is -3.48. The van der Waals surface area contributed by atoms with Gasteiger partial charge in [-0.15, -0.1) is 0 Å². The van der Waals surface area contributed by atoms with E-state index in [4.69, 9.17) is 27.7 Å². The molecule has 0 spiro atoms. The first kappa shape index (κ1) is 13.2. The van der Waals surface area contributed by atoms with Crippen molar-refractivity contribution in [1.82, 2.24) is 0 Å². The highest BCUT2D eigenvalue weighted by Crippen LogP contribution is 2.49. The van der Waals surface area contributed by atoms with Crippen molar-refractivity contribution in [3.8, 4) is 0 Å². The molecule has 0 aromatic carbocycles. The number of hydrogen-bond donors (Lipinski definition) is 0. The van der Waals surface area contributed by atoms with Crippen molar-refractivity contribution in [2.24, 2.45) is 0 Å². The number of alkyl halides is 3. The first-order chi connectivity index (χ1) is 5.33. The second-order valence-electron chi connectivity index (χ2n) is 1.70. The van der Waals surface area contributed by atoms with E-state index in [0.717, 1.165) is 0 Å². The van der Waals surface area contributed by atoms with Crippen molar-refractivity contribution >= 4 is 47.0 Å². The third-order valence-electron chi connectivity index (χ3n) is 0.834. The van der Waals surface area contributed by atoms with Crippen molar-refractivity contribution in [2.75, 3.05) is 20.8 Å². The molecule has 0 heterocycles. The lowest BCUT2D eigenvalue weighted by Gasteiger charge is -2.16. The van der Waals surface area contributed by atoms with Crippen LogP contribution in [0.25, 0.3) is 0 Å². The Bertz CT molecular complexity index is 174. The van der Waals surface area contributed by atoms with Crippen molar-refractivity contribution < 1.29 is 18.1 Å². The van der Waals surface area contributed by atoms with Gasteiger partial charge in [-0.2, -0.15) is 0 Å². The summed E-state index contributed by atoms with van der Waals surface area (Å²) in [6.07, 6.45) is 0. The fraction of sp³-hybridized carbons (Fsp3) is 1.00. The lowest BCUT2D eigenvalue weighted by Crippen LogP contribution is -2.11.